The molecule has 0 aromatic heterocycles. The summed E-state index contributed by atoms with van der Waals surface area (Å²) >= 11 is 0. The highest BCUT2D eigenvalue weighted by Gasteiger charge is 2.62. The fraction of sp³-hybridized carbons (Fsp3) is 0.815. The molecule has 0 heterocycles. The highest BCUT2D eigenvalue weighted by molar-refractivity contribution is 5.96. The maximum absolute atomic E-state index is 12.1. The van der Waals surface area contributed by atoms with E-state index >= 15 is 0 Å². The molecule has 3 saturated carbocycles. The van der Waals surface area contributed by atoms with Crippen LogP contribution >= 0.6 is 0 Å². The first kappa shape index (κ1) is 25.2. The van der Waals surface area contributed by atoms with Gasteiger partial charge in [-0.25, -0.2) is 4.79 Å². The van der Waals surface area contributed by atoms with Gasteiger partial charge in [-0.1, -0.05) is 38.4 Å². The summed E-state index contributed by atoms with van der Waals surface area (Å²) in [6.45, 7) is 10.0. The fourth-order valence-electron chi connectivity index (χ4n) is 7.79. The van der Waals surface area contributed by atoms with Crippen molar-refractivity contribution in [2.75, 3.05) is 6.61 Å². The smallest absolute Gasteiger partial charge is 0.326 e. The number of nitrogens with one attached hydrogen (secondary N) is 1. The monoisotopic (exact) mass is 474 g/mol. The van der Waals surface area contributed by atoms with Gasteiger partial charge in [0.05, 0.1) is 11.3 Å². The number of carboxylic acid groups (broad SMARTS) is 1. The Balaban J connectivity index is 1.40. The number of carbonyl (C=O) groups is 2. The number of allylic oxidation sites excluding steroid dienone is 2. The van der Waals surface area contributed by atoms with E-state index in [0.717, 1.165) is 44.2 Å². The van der Waals surface area contributed by atoms with E-state index < -0.39 is 23.5 Å². The van der Waals surface area contributed by atoms with Crippen LogP contribution in [0.1, 0.15) is 86.0 Å². The average molecular weight is 475 g/mol. The number of aliphatic carboxylic acids is 1. The van der Waals surface area contributed by atoms with Gasteiger partial charge in [0.15, 0.2) is 6.61 Å². The first-order valence-electron chi connectivity index (χ1n) is 13.0. The summed E-state index contributed by atoms with van der Waals surface area (Å²) in [6.07, 6.45) is 10.6. The summed E-state index contributed by atoms with van der Waals surface area (Å²) in [5, 5.41) is 27.0. The fourth-order valence-corrected chi connectivity index (χ4v) is 7.79. The Morgan fingerprint density at radius 2 is 1.82 bits per heavy atom. The number of fused-ring (bicyclic) bond motifs is 5. The molecule has 1 amide bonds. The number of hydrogen-bond donors (Lipinski definition) is 3. The minimum atomic E-state index is -1.05. The lowest BCUT2D eigenvalue weighted by molar-refractivity contribution is -0.143. The average Bonchev–Trinajstić information content (AvgIpc) is 3.00. The van der Waals surface area contributed by atoms with Crippen LogP contribution in [0.15, 0.2) is 16.8 Å². The third-order valence-corrected chi connectivity index (χ3v) is 10.2. The van der Waals surface area contributed by atoms with E-state index in [0.29, 0.717) is 17.8 Å². The second-order valence-corrected chi connectivity index (χ2v) is 12.3. The van der Waals surface area contributed by atoms with Crippen molar-refractivity contribution in [2.45, 2.75) is 97.6 Å². The van der Waals surface area contributed by atoms with Gasteiger partial charge in [-0.3, -0.25) is 4.79 Å². The van der Waals surface area contributed by atoms with E-state index in [9.17, 15) is 19.8 Å². The molecule has 0 aromatic carbocycles. The van der Waals surface area contributed by atoms with Gasteiger partial charge < -0.3 is 20.4 Å². The molecular weight excluding hydrogens is 432 g/mol. The molecule has 0 spiro atoms. The van der Waals surface area contributed by atoms with Crippen molar-refractivity contribution in [1.82, 2.24) is 5.32 Å². The van der Waals surface area contributed by atoms with Gasteiger partial charge in [-0.15, -0.1) is 0 Å². The maximum Gasteiger partial charge on any atom is 0.326 e. The van der Waals surface area contributed by atoms with Crippen molar-refractivity contribution in [2.24, 2.45) is 39.7 Å². The molecule has 4 aliphatic carbocycles. The Bertz CT molecular complexity index is 893. The number of carboxylic acids is 1. The van der Waals surface area contributed by atoms with Crippen molar-refractivity contribution in [1.29, 1.82) is 0 Å². The maximum atomic E-state index is 12.1. The molecule has 0 aliphatic heterocycles. The normalized spacial score (nSPS) is 41.2. The molecule has 190 valence electrons. The van der Waals surface area contributed by atoms with Gasteiger partial charge in [0.25, 0.3) is 5.91 Å². The number of rotatable bonds is 6. The number of hydrogen-bond acceptors (Lipinski definition) is 5. The third kappa shape index (κ3) is 4.18. The Morgan fingerprint density at radius 3 is 2.50 bits per heavy atom. The van der Waals surface area contributed by atoms with Gasteiger partial charge in [-0.05, 0) is 98.9 Å². The van der Waals surface area contributed by atoms with Crippen LogP contribution in [0.2, 0.25) is 0 Å². The van der Waals surface area contributed by atoms with Crippen LogP contribution in [0.25, 0.3) is 0 Å². The van der Waals surface area contributed by atoms with Gasteiger partial charge >= 0.3 is 5.97 Å². The zero-order valence-electron chi connectivity index (χ0n) is 21.4. The Kier molecular flexibility index (Phi) is 6.64. The minimum absolute atomic E-state index is 0.0384. The van der Waals surface area contributed by atoms with Crippen LogP contribution in [0.4, 0.5) is 0 Å². The van der Waals surface area contributed by atoms with Gasteiger partial charge in [0.1, 0.15) is 6.04 Å². The summed E-state index contributed by atoms with van der Waals surface area (Å²) in [6, 6.07) is -0.933. The van der Waals surface area contributed by atoms with Gasteiger partial charge in [0.2, 0.25) is 0 Å². The van der Waals surface area contributed by atoms with E-state index in [1.165, 1.54) is 18.4 Å². The van der Waals surface area contributed by atoms with Crippen LogP contribution in [-0.2, 0) is 14.4 Å². The van der Waals surface area contributed by atoms with E-state index in [-0.39, 0.29) is 23.4 Å². The van der Waals surface area contributed by atoms with Gasteiger partial charge in [0, 0.05) is 0 Å². The topological polar surface area (TPSA) is 108 Å². The lowest BCUT2D eigenvalue weighted by atomic mass is 9.46. The molecule has 0 radical (unpaired) electrons. The van der Waals surface area contributed by atoms with Crippen molar-refractivity contribution >= 4 is 17.6 Å². The summed E-state index contributed by atoms with van der Waals surface area (Å²) in [4.78, 5) is 28.7. The summed E-state index contributed by atoms with van der Waals surface area (Å²) in [5.74, 6) is 0.199. The standard InChI is InChI=1S/C27H42N2O5/c1-16(2)23(24(31)32)28-22(30)15-34-29-18-8-11-25(3)17(14-18)6-7-19-20(25)9-12-26(4)21(19)10-13-27(26,5)33/h14,16,19-21,23,33H,6-13,15H2,1-5H3,(H,28,30)(H,31,32)/b29-18-/t19-,20-,21-,23+,25+,26+,27+/m1/s1. The molecule has 7 heteroatoms. The highest BCUT2D eigenvalue weighted by atomic mass is 16.6. The molecule has 0 bridgehead atoms. The molecule has 34 heavy (non-hydrogen) atoms. The second-order valence-electron chi connectivity index (χ2n) is 12.3. The summed E-state index contributed by atoms with van der Waals surface area (Å²) in [7, 11) is 0. The van der Waals surface area contributed by atoms with Crippen molar-refractivity contribution in [3.8, 4) is 0 Å². The zero-order chi connectivity index (χ0) is 24.9. The lowest BCUT2D eigenvalue weighted by Gasteiger charge is -2.59. The van der Waals surface area contributed by atoms with Crippen LogP contribution in [0, 0.1) is 34.5 Å². The highest BCUT2D eigenvalue weighted by Crippen LogP contribution is 2.67. The summed E-state index contributed by atoms with van der Waals surface area (Å²) < 4.78 is 0. The Labute approximate surface area is 203 Å². The molecule has 7 atom stereocenters. The molecule has 4 rings (SSSR count). The molecule has 7 nitrogen and oxygen atoms in total. The summed E-state index contributed by atoms with van der Waals surface area (Å²) in [5.41, 5.74) is 1.97. The van der Waals surface area contributed by atoms with Crippen molar-refractivity contribution in [3.05, 3.63) is 11.6 Å². The van der Waals surface area contributed by atoms with E-state index in [4.69, 9.17) is 4.84 Å². The quantitative estimate of drug-likeness (QED) is 0.498. The van der Waals surface area contributed by atoms with Crippen LogP contribution in [0.5, 0.6) is 0 Å². The largest absolute Gasteiger partial charge is 0.480 e. The molecule has 3 fully saturated rings. The van der Waals surface area contributed by atoms with Crippen molar-refractivity contribution < 1.29 is 24.6 Å². The zero-order valence-corrected chi connectivity index (χ0v) is 21.4. The minimum Gasteiger partial charge on any atom is -0.480 e. The van der Waals surface area contributed by atoms with Crippen LogP contribution in [-0.4, -0.2) is 46.1 Å². The van der Waals surface area contributed by atoms with Crippen LogP contribution in [0.3, 0.4) is 0 Å². The van der Waals surface area contributed by atoms with Crippen molar-refractivity contribution in [3.63, 3.8) is 0 Å². The Morgan fingerprint density at radius 1 is 1.12 bits per heavy atom. The van der Waals surface area contributed by atoms with Gasteiger partial charge in [-0.2, -0.15) is 0 Å². The first-order valence-corrected chi connectivity index (χ1v) is 13.0. The SMILES string of the molecule is CC(C)[C@H](NC(=O)CO/N=C1\C=C2CC[C@@H]3[C@@H](CC[C@@]4(C)[C@@H]3CC[C@]4(C)O)[C@@]2(C)CC1)C(=O)O. The number of nitrogens with zero attached hydrogens (tertiary/aromatic N) is 1. The predicted molar refractivity (Wildman–Crippen MR) is 130 cm³/mol. The van der Waals surface area contributed by atoms with E-state index in [1.54, 1.807) is 13.8 Å². The van der Waals surface area contributed by atoms with E-state index in [1.807, 2.05) is 0 Å². The second kappa shape index (κ2) is 8.96. The predicted octanol–water partition coefficient (Wildman–Crippen LogP) is 4.30. The number of aliphatic hydroxyl groups is 1. The first-order chi connectivity index (χ1) is 15.9. The molecular formula is C27H42N2O5. The van der Waals surface area contributed by atoms with E-state index in [2.05, 4.69) is 37.3 Å². The third-order valence-electron chi connectivity index (χ3n) is 10.2. The number of oxime groups is 1. The molecule has 4 aliphatic rings. The number of carbonyl (C=O) groups excluding carboxylic acids is 1. The molecule has 3 N–H and O–H groups in total. The van der Waals surface area contributed by atoms with Crippen LogP contribution < -0.4 is 5.32 Å². The number of amides is 1. The molecule has 0 unspecified atom stereocenters. The Hall–Kier alpha value is -1.89. The molecule has 0 aromatic rings. The lowest BCUT2D eigenvalue weighted by Crippen LogP contribution is -2.53. The molecule has 0 saturated heterocycles.